The number of aromatic nitrogens is 1. The average molecular weight is 514 g/mol. The topological polar surface area (TPSA) is 48.4 Å². The van der Waals surface area contributed by atoms with Crippen molar-refractivity contribution in [2.75, 3.05) is 7.11 Å². The summed E-state index contributed by atoms with van der Waals surface area (Å²) in [5.41, 5.74) is 6.48. The van der Waals surface area contributed by atoms with Gasteiger partial charge in [0.15, 0.2) is 0 Å². The van der Waals surface area contributed by atoms with Crippen LogP contribution >= 0.6 is 0 Å². The van der Waals surface area contributed by atoms with Gasteiger partial charge in [0.1, 0.15) is 24.5 Å². The van der Waals surface area contributed by atoms with Gasteiger partial charge in [0.2, 0.25) is 5.88 Å². The first-order valence-electron chi connectivity index (χ1n) is 13.9. The van der Waals surface area contributed by atoms with Crippen molar-refractivity contribution >= 4 is 6.29 Å². The van der Waals surface area contributed by atoms with E-state index in [-0.39, 0.29) is 22.6 Å². The summed E-state index contributed by atoms with van der Waals surface area (Å²) in [6, 6.07) is 14.4. The Morgan fingerprint density at radius 2 is 1.92 bits per heavy atom. The lowest BCUT2D eigenvalue weighted by Gasteiger charge is -2.45. The molecule has 0 saturated heterocycles. The number of carbonyl (C=O) groups excluding carboxylic acids is 1. The molecule has 198 valence electrons. The molecule has 2 fully saturated rings. The number of rotatable bonds is 7. The number of aryl methyl sites for hydroxylation is 1. The number of methoxy groups -OCH3 is 1. The molecule has 6 rings (SSSR count). The molecule has 3 aliphatic carbocycles. The SMILES string of the molecule is COc1cc(-c2ccc(COc3ccc4c(c3)[C@@]3(CC4)CC[C@@H]3C=O)cc2[C@@H]2CCCC2(C)C)c(F)cn1. The smallest absolute Gasteiger partial charge is 0.213 e. The molecule has 0 amide bonds. The van der Waals surface area contributed by atoms with Gasteiger partial charge in [-0.25, -0.2) is 9.37 Å². The van der Waals surface area contributed by atoms with Crippen LogP contribution in [0.3, 0.4) is 0 Å². The molecule has 38 heavy (non-hydrogen) atoms. The van der Waals surface area contributed by atoms with Gasteiger partial charge < -0.3 is 14.3 Å². The number of hydrogen-bond donors (Lipinski definition) is 0. The second kappa shape index (κ2) is 9.52. The van der Waals surface area contributed by atoms with Gasteiger partial charge in [-0.05, 0) is 89.8 Å². The first kappa shape index (κ1) is 25.1. The summed E-state index contributed by atoms with van der Waals surface area (Å²) in [6.45, 7) is 5.06. The van der Waals surface area contributed by atoms with Crippen LogP contribution in [0.2, 0.25) is 0 Å². The molecule has 4 nitrogen and oxygen atoms in total. The Morgan fingerprint density at radius 3 is 2.63 bits per heavy atom. The Balaban J connectivity index is 1.31. The van der Waals surface area contributed by atoms with Gasteiger partial charge in [-0.1, -0.05) is 44.5 Å². The van der Waals surface area contributed by atoms with E-state index in [9.17, 15) is 4.79 Å². The van der Waals surface area contributed by atoms with E-state index in [2.05, 4.69) is 43.1 Å². The molecule has 0 bridgehead atoms. The van der Waals surface area contributed by atoms with Gasteiger partial charge in [-0.3, -0.25) is 0 Å². The van der Waals surface area contributed by atoms with E-state index in [0.29, 0.717) is 24.0 Å². The largest absolute Gasteiger partial charge is 0.489 e. The lowest BCUT2D eigenvalue weighted by Crippen LogP contribution is -2.43. The van der Waals surface area contributed by atoms with Gasteiger partial charge >= 0.3 is 0 Å². The van der Waals surface area contributed by atoms with Crippen molar-refractivity contribution in [1.82, 2.24) is 4.98 Å². The van der Waals surface area contributed by atoms with E-state index in [1.807, 2.05) is 12.1 Å². The Hall–Kier alpha value is -3.21. The van der Waals surface area contributed by atoms with Crippen molar-refractivity contribution in [1.29, 1.82) is 0 Å². The van der Waals surface area contributed by atoms with Crippen LogP contribution in [0.25, 0.3) is 11.1 Å². The summed E-state index contributed by atoms with van der Waals surface area (Å²) < 4.78 is 26.7. The highest BCUT2D eigenvalue weighted by Gasteiger charge is 2.51. The van der Waals surface area contributed by atoms with Gasteiger partial charge in [0.25, 0.3) is 0 Å². The molecule has 5 heteroatoms. The van der Waals surface area contributed by atoms with Gasteiger partial charge in [0.05, 0.1) is 13.3 Å². The fourth-order valence-electron chi connectivity index (χ4n) is 7.36. The molecule has 0 unspecified atom stereocenters. The third-order valence-electron chi connectivity index (χ3n) is 9.72. The summed E-state index contributed by atoms with van der Waals surface area (Å²) in [4.78, 5) is 15.7. The molecule has 0 N–H and O–H groups in total. The van der Waals surface area contributed by atoms with Crippen molar-refractivity contribution in [2.45, 2.75) is 76.7 Å². The minimum absolute atomic E-state index is 0.0228. The van der Waals surface area contributed by atoms with E-state index in [1.54, 1.807) is 13.2 Å². The predicted octanol–water partition coefficient (Wildman–Crippen LogP) is 7.56. The number of nitrogens with zero attached hydrogens (tertiary/aromatic N) is 1. The van der Waals surface area contributed by atoms with E-state index in [1.165, 1.54) is 23.7 Å². The number of fused-ring (bicyclic) bond motifs is 2. The van der Waals surface area contributed by atoms with E-state index >= 15 is 4.39 Å². The normalized spacial score (nSPS) is 25.2. The minimum atomic E-state index is -0.344. The zero-order valence-corrected chi connectivity index (χ0v) is 22.6. The van der Waals surface area contributed by atoms with Crippen LogP contribution in [-0.2, 0) is 23.2 Å². The molecule has 2 aromatic carbocycles. The second-order valence-corrected chi connectivity index (χ2v) is 12.1. The molecule has 1 spiro atoms. The Bertz CT molecular complexity index is 1380. The molecular formula is C33H36FNO3. The zero-order valence-electron chi connectivity index (χ0n) is 22.6. The number of ether oxygens (including phenoxy) is 2. The summed E-state index contributed by atoms with van der Waals surface area (Å²) in [5.74, 6) is 1.37. The van der Waals surface area contributed by atoms with Crippen molar-refractivity contribution in [3.8, 4) is 22.8 Å². The molecule has 1 aromatic heterocycles. The Morgan fingerprint density at radius 1 is 1.05 bits per heavy atom. The molecule has 1 heterocycles. The quantitative estimate of drug-likeness (QED) is 0.306. The molecular weight excluding hydrogens is 477 g/mol. The van der Waals surface area contributed by atoms with Crippen molar-refractivity contribution < 1.29 is 18.7 Å². The van der Waals surface area contributed by atoms with E-state index in [4.69, 9.17) is 9.47 Å². The first-order chi connectivity index (χ1) is 18.3. The summed E-state index contributed by atoms with van der Waals surface area (Å²) in [6.07, 6.45) is 9.98. The highest BCUT2D eigenvalue weighted by Crippen LogP contribution is 2.56. The number of aldehydes is 1. The van der Waals surface area contributed by atoms with Crippen LogP contribution in [-0.4, -0.2) is 18.4 Å². The third kappa shape index (κ3) is 4.11. The number of benzene rings is 2. The molecule has 3 aliphatic rings. The van der Waals surface area contributed by atoms with E-state index < -0.39 is 0 Å². The summed E-state index contributed by atoms with van der Waals surface area (Å²) in [7, 11) is 1.55. The fraction of sp³-hybridized carbons (Fsp3) is 0.455. The maximum atomic E-state index is 15.0. The van der Waals surface area contributed by atoms with Gasteiger partial charge in [0, 0.05) is 23.0 Å². The van der Waals surface area contributed by atoms with E-state index in [0.717, 1.165) is 67.3 Å². The minimum Gasteiger partial charge on any atom is -0.489 e. The second-order valence-electron chi connectivity index (χ2n) is 12.1. The monoisotopic (exact) mass is 513 g/mol. The third-order valence-corrected chi connectivity index (χ3v) is 9.72. The summed E-state index contributed by atoms with van der Waals surface area (Å²) >= 11 is 0. The molecule has 0 radical (unpaired) electrons. The lowest BCUT2D eigenvalue weighted by atomic mass is 9.58. The van der Waals surface area contributed by atoms with Crippen molar-refractivity contribution in [3.05, 3.63) is 76.7 Å². The highest BCUT2D eigenvalue weighted by molar-refractivity contribution is 5.70. The Labute approximate surface area is 224 Å². The number of carbonyl (C=O) groups is 1. The zero-order chi connectivity index (χ0) is 26.5. The predicted molar refractivity (Wildman–Crippen MR) is 146 cm³/mol. The van der Waals surface area contributed by atoms with Crippen molar-refractivity contribution in [2.24, 2.45) is 11.3 Å². The number of hydrogen-bond acceptors (Lipinski definition) is 4. The van der Waals surface area contributed by atoms with Gasteiger partial charge in [-0.2, -0.15) is 0 Å². The standard InChI is InChI=1S/C33H36FNO3/c1-32(2)12-4-5-28(32)26-15-21(6-9-25(26)27-17-31(37-3)35-18-30(27)34)20-38-24-8-7-22-10-13-33(29(22)16-24)14-11-23(33)19-36/h6-9,15-19,23,28H,4-5,10-14,20H2,1-3H3/t23-,28+,33+/m1/s1. The molecule has 3 atom stereocenters. The maximum Gasteiger partial charge on any atom is 0.213 e. The lowest BCUT2D eigenvalue weighted by molar-refractivity contribution is -0.116. The van der Waals surface area contributed by atoms with Crippen LogP contribution in [0.4, 0.5) is 4.39 Å². The van der Waals surface area contributed by atoms with Crippen LogP contribution in [0, 0.1) is 17.2 Å². The number of halogens is 1. The fourth-order valence-corrected chi connectivity index (χ4v) is 7.36. The first-order valence-corrected chi connectivity index (χ1v) is 13.9. The van der Waals surface area contributed by atoms with Gasteiger partial charge in [-0.15, -0.1) is 0 Å². The van der Waals surface area contributed by atoms with Crippen molar-refractivity contribution in [3.63, 3.8) is 0 Å². The number of pyridine rings is 1. The maximum absolute atomic E-state index is 15.0. The molecule has 0 aliphatic heterocycles. The van der Waals surface area contributed by atoms with Crippen LogP contribution < -0.4 is 9.47 Å². The summed E-state index contributed by atoms with van der Waals surface area (Å²) in [5, 5.41) is 0. The molecule has 3 aromatic rings. The highest BCUT2D eigenvalue weighted by atomic mass is 19.1. The Kier molecular flexibility index (Phi) is 6.28. The molecule has 2 saturated carbocycles. The van der Waals surface area contributed by atoms with Crippen LogP contribution in [0.1, 0.15) is 80.5 Å². The van der Waals surface area contributed by atoms with Crippen LogP contribution in [0.5, 0.6) is 11.6 Å². The van der Waals surface area contributed by atoms with Crippen LogP contribution in [0.15, 0.2) is 48.7 Å². The average Bonchev–Trinajstić information content (AvgIpc) is 3.48.